The second-order valence-electron chi connectivity index (χ2n) is 17.2. The van der Waals surface area contributed by atoms with Crippen molar-refractivity contribution in [1.82, 2.24) is 4.48 Å². The largest absolute Gasteiger partial charge is 0.441 e. The van der Waals surface area contributed by atoms with Crippen LogP contribution in [0.25, 0.3) is 86.5 Å². The van der Waals surface area contributed by atoms with E-state index in [-0.39, 0.29) is 12.3 Å². The van der Waals surface area contributed by atoms with E-state index in [1.165, 1.54) is 103 Å². The average Bonchev–Trinajstić information content (AvgIpc) is 3.95. The van der Waals surface area contributed by atoms with Crippen molar-refractivity contribution in [2.45, 2.75) is 26.2 Å². The number of hydrogen-bond donors (Lipinski definition) is 0. The second kappa shape index (κ2) is 11.9. The number of furan rings is 1. The Morgan fingerprint density at radius 3 is 2.07 bits per heavy atom. The minimum Gasteiger partial charge on any atom is -0.441 e. The number of anilines is 3. The summed E-state index contributed by atoms with van der Waals surface area (Å²) in [5.74, 6) is 0. The maximum Gasteiger partial charge on any atom is 0.336 e. The third kappa shape index (κ3) is 4.54. The third-order valence-corrected chi connectivity index (χ3v) is 14.1. The van der Waals surface area contributed by atoms with Gasteiger partial charge >= 0.3 is 6.85 Å². The molecule has 13 rings (SSSR count). The van der Waals surface area contributed by atoms with Gasteiger partial charge in [-0.1, -0.05) is 148 Å². The fourth-order valence-electron chi connectivity index (χ4n) is 10.3. The van der Waals surface area contributed by atoms with Crippen LogP contribution in [0.3, 0.4) is 0 Å². The standard InChI is InChI=1S/C54H37BN2OS/c1-54(2,3)35-25-27-43(40(31-35)33-17-8-5-9-18-33)56-44-30-34(32-15-6-4-7-16-32)29-41-36-21-14-22-39-48-37-19-10-12-23-45(37)58-53(48)57(51(36)39)55(50(41)44)42-26-28-47-49(52(42)56)38-20-11-13-24-46(38)59-47/h4-31H,1-3H3. The van der Waals surface area contributed by atoms with Crippen LogP contribution in [0.5, 0.6) is 0 Å². The Morgan fingerprint density at radius 2 is 1.25 bits per heavy atom. The van der Waals surface area contributed by atoms with Crippen LogP contribution < -0.4 is 15.8 Å². The Balaban J connectivity index is 1.25. The van der Waals surface area contributed by atoms with Crippen LogP contribution in [0.15, 0.2) is 174 Å². The van der Waals surface area contributed by atoms with Crippen LogP contribution in [0.4, 0.5) is 17.1 Å². The van der Waals surface area contributed by atoms with Gasteiger partial charge in [0.15, 0.2) is 5.71 Å². The summed E-state index contributed by atoms with van der Waals surface area (Å²) in [6.07, 6.45) is 0. The van der Waals surface area contributed by atoms with Gasteiger partial charge in [0, 0.05) is 53.3 Å². The van der Waals surface area contributed by atoms with Gasteiger partial charge in [-0.3, -0.25) is 0 Å². The molecule has 59 heavy (non-hydrogen) atoms. The molecule has 0 aliphatic carbocycles. The molecule has 3 aromatic heterocycles. The van der Waals surface area contributed by atoms with Gasteiger partial charge in [-0.2, -0.15) is 0 Å². The summed E-state index contributed by atoms with van der Waals surface area (Å²) in [5, 5.41) is 6.15. The maximum atomic E-state index is 7.00. The topological polar surface area (TPSA) is 21.3 Å². The van der Waals surface area contributed by atoms with E-state index >= 15 is 0 Å². The van der Waals surface area contributed by atoms with Crippen molar-refractivity contribution in [3.8, 4) is 33.4 Å². The summed E-state index contributed by atoms with van der Waals surface area (Å²) in [6, 6.07) is 63.1. The average molecular weight is 773 g/mol. The number of fused-ring (bicyclic) bond motifs is 13. The van der Waals surface area contributed by atoms with Crippen molar-refractivity contribution in [1.29, 1.82) is 0 Å². The van der Waals surface area contributed by atoms with Crippen molar-refractivity contribution in [3.63, 3.8) is 0 Å². The molecular formula is C54H37BN2OS. The maximum absolute atomic E-state index is 7.00. The van der Waals surface area contributed by atoms with Gasteiger partial charge in [0.2, 0.25) is 0 Å². The van der Waals surface area contributed by atoms with Crippen LogP contribution in [-0.4, -0.2) is 11.3 Å². The molecule has 3 nitrogen and oxygen atoms in total. The summed E-state index contributed by atoms with van der Waals surface area (Å²) in [6.45, 7) is 6.80. The highest BCUT2D eigenvalue weighted by atomic mass is 32.1. The summed E-state index contributed by atoms with van der Waals surface area (Å²) in [7, 11) is 0. The van der Waals surface area contributed by atoms with Crippen LogP contribution in [0, 0.1) is 0 Å². The zero-order valence-corrected chi connectivity index (χ0v) is 33.8. The Bertz CT molecular complexity index is 3550. The van der Waals surface area contributed by atoms with Gasteiger partial charge in [-0.15, -0.1) is 11.3 Å². The molecule has 0 spiro atoms. The van der Waals surface area contributed by atoms with Crippen molar-refractivity contribution < 1.29 is 4.42 Å². The number of thiophene rings is 1. The first-order valence-electron chi connectivity index (χ1n) is 20.5. The first-order chi connectivity index (χ1) is 28.9. The molecule has 2 aliphatic heterocycles. The molecule has 0 atom stereocenters. The molecule has 0 radical (unpaired) electrons. The lowest BCUT2D eigenvalue weighted by Gasteiger charge is -2.41. The second-order valence-corrected chi connectivity index (χ2v) is 18.3. The summed E-state index contributed by atoms with van der Waals surface area (Å²) in [4.78, 5) is 2.64. The van der Waals surface area contributed by atoms with Gasteiger partial charge in [0.1, 0.15) is 5.58 Å². The SMILES string of the molecule is CC(C)(C)c1ccc(N2c3cc(-c4ccccc4)cc4c3B(c3ccc5sc6ccccc6c5c32)n2c3oc5ccccc5c3c3cccc-4c32)c(-c2ccccc2)c1. The summed E-state index contributed by atoms with van der Waals surface area (Å²) < 4.78 is 12.1. The Kier molecular flexibility index (Phi) is 6.68. The number of benzene rings is 8. The zero-order chi connectivity index (χ0) is 39.1. The van der Waals surface area contributed by atoms with Crippen LogP contribution >= 0.6 is 11.3 Å². The van der Waals surface area contributed by atoms with Crippen molar-refractivity contribution in [2.24, 2.45) is 0 Å². The minimum atomic E-state index is -0.136. The van der Waals surface area contributed by atoms with Gasteiger partial charge < -0.3 is 13.8 Å². The normalized spacial score (nSPS) is 13.3. The molecule has 11 aromatic rings. The Morgan fingerprint density at radius 1 is 0.525 bits per heavy atom. The molecule has 0 fully saturated rings. The highest BCUT2D eigenvalue weighted by Crippen LogP contribution is 2.53. The number of rotatable bonds is 3. The van der Waals surface area contributed by atoms with Crippen molar-refractivity contribution >= 4 is 99.3 Å². The van der Waals surface area contributed by atoms with Gasteiger partial charge in [-0.25, -0.2) is 0 Å². The van der Waals surface area contributed by atoms with Crippen LogP contribution in [0.1, 0.15) is 26.3 Å². The first-order valence-corrected chi connectivity index (χ1v) is 21.4. The number of nitrogens with zero attached hydrogens (tertiary/aromatic N) is 2. The zero-order valence-electron chi connectivity index (χ0n) is 33.0. The third-order valence-electron chi connectivity index (χ3n) is 12.9. The van der Waals surface area contributed by atoms with Gasteiger partial charge in [0.05, 0.1) is 16.8 Å². The monoisotopic (exact) mass is 772 g/mol. The fraction of sp³-hybridized carbons (Fsp3) is 0.0741. The Hall–Kier alpha value is -6.82. The molecule has 0 saturated carbocycles. The summed E-state index contributed by atoms with van der Waals surface area (Å²) >= 11 is 1.88. The van der Waals surface area contributed by atoms with E-state index in [2.05, 4.69) is 200 Å². The van der Waals surface area contributed by atoms with E-state index in [1.807, 2.05) is 11.3 Å². The number of aromatic nitrogens is 1. The van der Waals surface area contributed by atoms with Crippen LogP contribution in [0.2, 0.25) is 0 Å². The molecule has 0 amide bonds. The van der Waals surface area contributed by atoms with E-state index in [4.69, 9.17) is 4.42 Å². The van der Waals surface area contributed by atoms with Crippen molar-refractivity contribution in [2.75, 3.05) is 4.90 Å². The highest BCUT2D eigenvalue weighted by Gasteiger charge is 2.45. The highest BCUT2D eigenvalue weighted by molar-refractivity contribution is 7.26. The number of hydrogen-bond acceptors (Lipinski definition) is 3. The molecular weight excluding hydrogens is 735 g/mol. The van der Waals surface area contributed by atoms with E-state index in [0.29, 0.717) is 0 Å². The predicted molar refractivity (Wildman–Crippen MR) is 252 cm³/mol. The molecule has 0 unspecified atom stereocenters. The van der Waals surface area contributed by atoms with Gasteiger partial charge in [-0.05, 0) is 86.6 Å². The molecule has 278 valence electrons. The summed E-state index contributed by atoms with van der Waals surface area (Å²) in [5.41, 5.74) is 17.9. The number of para-hydroxylation sites is 2. The molecule has 0 bridgehead atoms. The lowest BCUT2D eigenvalue weighted by atomic mass is 9.45. The first kappa shape index (κ1) is 33.2. The van der Waals surface area contributed by atoms with E-state index in [0.717, 1.165) is 16.7 Å². The lowest BCUT2D eigenvalue weighted by Crippen LogP contribution is -2.56. The molecule has 0 N–H and O–H groups in total. The molecule has 8 aromatic carbocycles. The predicted octanol–water partition coefficient (Wildman–Crippen LogP) is 14.0. The minimum absolute atomic E-state index is 0.0301. The van der Waals surface area contributed by atoms with Crippen molar-refractivity contribution in [3.05, 3.63) is 175 Å². The molecule has 5 heteroatoms. The molecule has 2 aliphatic rings. The molecule has 5 heterocycles. The van der Waals surface area contributed by atoms with Crippen LogP contribution in [-0.2, 0) is 5.41 Å². The lowest BCUT2D eigenvalue weighted by molar-refractivity contribution is 0.590. The molecule has 0 saturated heterocycles. The van der Waals surface area contributed by atoms with E-state index in [9.17, 15) is 0 Å². The Labute approximate surface area is 346 Å². The quantitative estimate of drug-likeness (QED) is 0.167. The van der Waals surface area contributed by atoms with E-state index < -0.39 is 0 Å². The van der Waals surface area contributed by atoms with E-state index in [1.54, 1.807) is 0 Å². The fourth-order valence-corrected chi connectivity index (χ4v) is 11.4. The van der Waals surface area contributed by atoms with Gasteiger partial charge in [0.25, 0.3) is 0 Å². The smallest absolute Gasteiger partial charge is 0.336 e.